The summed E-state index contributed by atoms with van der Waals surface area (Å²) in [6.45, 7) is 3.12. The maximum absolute atomic E-state index is 13.1. The number of aromatic nitrogens is 3. The van der Waals surface area contributed by atoms with Crippen LogP contribution in [0.1, 0.15) is 31.0 Å². The molecule has 2 aromatic rings. The van der Waals surface area contributed by atoms with Gasteiger partial charge in [0.2, 0.25) is 0 Å². The molecule has 3 rings (SSSR count). The molecule has 144 valence electrons. The quantitative estimate of drug-likeness (QED) is 0.765. The molecule has 2 aromatic heterocycles. The summed E-state index contributed by atoms with van der Waals surface area (Å²) in [7, 11) is 0. The zero-order valence-corrected chi connectivity index (χ0v) is 15.8. The number of rotatable bonds is 4. The Kier molecular flexibility index (Phi) is 5.93. The summed E-state index contributed by atoms with van der Waals surface area (Å²) in [5, 5.41) is 9.25. The second-order valence-corrected chi connectivity index (χ2v) is 6.68. The summed E-state index contributed by atoms with van der Waals surface area (Å²) >= 11 is 0. The van der Waals surface area contributed by atoms with Crippen LogP contribution in [0.5, 0.6) is 0 Å². The highest BCUT2D eigenvalue weighted by atomic mass is 16.2. The molecule has 1 aliphatic heterocycles. The van der Waals surface area contributed by atoms with E-state index in [0.29, 0.717) is 23.6 Å². The molecule has 1 aliphatic rings. The fraction of sp³-hybridized carbons (Fsp3) is 0.400. The van der Waals surface area contributed by atoms with Crippen molar-refractivity contribution in [2.24, 2.45) is 5.73 Å². The zero-order chi connectivity index (χ0) is 20.1. The third-order valence-electron chi connectivity index (χ3n) is 4.77. The number of nitrogens with zero attached hydrogens (tertiary/aromatic N) is 5. The van der Waals surface area contributed by atoms with Gasteiger partial charge in [-0.05, 0) is 31.9 Å². The van der Waals surface area contributed by atoms with Crippen molar-refractivity contribution >= 4 is 5.82 Å². The van der Waals surface area contributed by atoms with Crippen molar-refractivity contribution in [1.29, 1.82) is 5.26 Å². The van der Waals surface area contributed by atoms with E-state index in [2.05, 4.69) is 16.8 Å². The molecule has 0 unspecified atom stereocenters. The Morgan fingerprint density at radius 1 is 1.36 bits per heavy atom. The molecule has 3 heterocycles. The van der Waals surface area contributed by atoms with Crippen molar-refractivity contribution in [3.05, 3.63) is 56.5 Å². The van der Waals surface area contributed by atoms with Crippen LogP contribution in [0, 0.1) is 23.2 Å². The Hall–Kier alpha value is -3.36. The van der Waals surface area contributed by atoms with E-state index in [0.717, 1.165) is 24.0 Å². The van der Waals surface area contributed by atoms with Crippen LogP contribution in [0.2, 0.25) is 0 Å². The van der Waals surface area contributed by atoms with Crippen molar-refractivity contribution < 1.29 is 0 Å². The van der Waals surface area contributed by atoms with Crippen molar-refractivity contribution in [2.45, 2.75) is 38.9 Å². The Morgan fingerprint density at radius 3 is 2.89 bits per heavy atom. The molecular weight excluding hydrogens is 356 g/mol. The van der Waals surface area contributed by atoms with Crippen LogP contribution in [0.25, 0.3) is 0 Å². The molecule has 1 atom stereocenters. The van der Waals surface area contributed by atoms with E-state index in [4.69, 9.17) is 5.73 Å². The molecule has 0 bridgehead atoms. The Morgan fingerprint density at radius 2 is 2.18 bits per heavy atom. The van der Waals surface area contributed by atoms with Crippen LogP contribution < -0.4 is 21.9 Å². The van der Waals surface area contributed by atoms with Gasteiger partial charge >= 0.3 is 5.69 Å². The highest BCUT2D eigenvalue weighted by molar-refractivity contribution is 5.40. The number of anilines is 1. The molecule has 0 aromatic carbocycles. The predicted octanol–water partition coefficient (Wildman–Crippen LogP) is 0.276. The van der Waals surface area contributed by atoms with Crippen molar-refractivity contribution in [3.63, 3.8) is 0 Å². The molecule has 1 saturated heterocycles. The Balaban J connectivity index is 2.09. The summed E-state index contributed by atoms with van der Waals surface area (Å²) in [5.74, 6) is 6.22. The molecule has 1 fully saturated rings. The van der Waals surface area contributed by atoms with Gasteiger partial charge in [-0.15, -0.1) is 5.92 Å². The smallest absolute Gasteiger partial charge is 0.333 e. The van der Waals surface area contributed by atoms with Crippen LogP contribution in [-0.4, -0.2) is 33.2 Å². The van der Waals surface area contributed by atoms with Gasteiger partial charge in [0.1, 0.15) is 11.9 Å². The number of piperidine rings is 1. The lowest BCUT2D eigenvalue weighted by atomic mass is 10.1. The van der Waals surface area contributed by atoms with Crippen molar-refractivity contribution in [2.75, 3.05) is 18.0 Å². The minimum absolute atomic E-state index is 0.00342. The maximum atomic E-state index is 13.1. The topological polar surface area (TPSA) is 110 Å². The van der Waals surface area contributed by atoms with Crippen LogP contribution in [0.4, 0.5) is 5.82 Å². The van der Waals surface area contributed by atoms with Crippen LogP contribution in [0.3, 0.4) is 0 Å². The maximum Gasteiger partial charge on any atom is 0.333 e. The fourth-order valence-corrected chi connectivity index (χ4v) is 3.35. The average molecular weight is 378 g/mol. The Labute approximate surface area is 162 Å². The highest BCUT2D eigenvalue weighted by Crippen LogP contribution is 2.17. The lowest BCUT2D eigenvalue weighted by molar-refractivity contribution is 0.491. The zero-order valence-electron chi connectivity index (χ0n) is 15.8. The molecule has 0 saturated carbocycles. The minimum atomic E-state index is -0.473. The van der Waals surface area contributed by atoms with E-state index in [9.17, 15) is 14.9 Å². The van der Waals surface area contributed by atoms with E-state index in [1.165, 1.54) is 16.8 Å². The normalized spacial score (nSPS) is 16.2. The van der Waals surface area contributed by atoms with Crippen molar-refractivity contribution in [1.82, 2.24) is 14.1 Å². The van der Waals surface area contributed by atoms with Crippen LogP contribution >= 0.6 is 0 Å². The second-order valence-electron chi connectivity index (χ2n) is 6.68. The van der Waals surface area contributed by atoms with E-state index in [1.807, 2.05) is 11.0 Å². The molecule has 8 heteroatoms. The molecule has 28 heavy (non-hydrogen) atoms. The first-order chi connectivity index (χ1) is 13.5. The van der Waals surface area contributed by atoms with Gasteiger partial charge in [-0.3, -0.25) is 18.9 Å². The van der Waals surface area contributed by atoms with Gasteiger partial charge in [0, 0.05) is 31.4 Å². The number of hydrogen-bond donors (Lipinski definition) is 1. The van der Waals surface area contributed by atoms with Crippen LogP contribution in [-0.2, 0) is 13.1 Å². The number of pyridine rings is 1. The minimum Gasteiger partial charge on any atom is -0.356 e. The molecule has 0 amide bonds. The molecule has 0 radical (unpaired) electrons. The van der Waals surface area contributed by atoms with Gasteiger partial charge in [0.25, 0.3) is 5.56 Å². The van der Waals surface area contributed by atoms with E-state index in [-0.39, 0.29) is 19.1 Å². The summed E-state index contributed by atoms with van der Waals surface area (Å²) < 4.78 is 2.58. The van der Waals surface area contributed by atoms with Gasteiger partial charge in [-0.25, -0.2) is 4.79 Å². The fourth-order valence-electron chi connectivity index (χ4n) is 3.35. The lowest BCUT2D eigenvalue weighted by Crippen LogP contribution is -2.48. The third-order valence-corrected chi connectivity index (χ3v) is 4.77. The average Bonchev–Trinajstić information content (AvgIpc) is 2.70. The molecular formula is C20H22N6O2. The summed E-state index contributed by atoms with van der Waals surface area (Å²) in [4.78, 5) is 32.0. The van der Waals surface area contributed by atoms with E-state index in [1.54, 1.807) is 19.1 Å². The Bertz CT molecular complexity index is 1080. The number of nitrogens with two attached hydrogens (primary N) is 1. The standard InChI is InChI=1S/C20H22N6O2/c1-2-3-10-25-18(24-9-5-7-16(22)13-24)11-19(27)26(20(25)28)14-17-15(12-21)6-4-8-23-17/h4,6,8,11,16H,5,7,9-10,13-14,22H2,1H3/t16-/m1/s1. The second kappa shape index (κ2) is 8.55. The first-order valence-electron chi connectivity index (χ1n) is 9.14. The third kappa shape index (κ3) is 3.98. The largest absolute Gasteiger partial charge is 0.356 e. The van der Waals surface area contributed by atoms with Gasteiger partial charge in [-0.2, -0.15) is 5.26 Å². The molecule has 8 nitrogen and oxygen atoms in total. The summed E-state index contributed by atoms with van der Waals surface area (Å²) in [6, 6.07) is 6.74. The van der Waals surface area contributed by atoms with Gasteiger partial charge in [0.15, 0.2) is 0 Å². The SMILES string of the molecule is CC#CCn1c(N2CCC[C@@H](N)C2)cc(=O)n(Cc2ncccc2C#N)c1=O. The van der Waals surface area contributed by atoms with Gasteiger partial charge in [0.05, 0.1) is 24.3 Å². The van der Waals surface area contributed by atoms with Gasteiger partial charge in [-0.1, -0.05) is 5.92 Å². The lowest BCUT2D eigenvalue weighted by Gasteiger charge is -2.33. The molecule has 0 aliphatic carbocycles. The predicted molar refractivity (Wildman–Crippen MR) is 106 cm³/mol. The van der Waals surface area contributed by atoms with Crippen LogP contribution in [0.15, 0.2) is 34.0 Å². The highest BCUT2D eigenvalue weighted by Gasteiger charge is 2.22. The van der Waals surface area contributed by atoms with E-state index < -0.39 is 11.2 Å². The van der Waals surface area contributed by atoms with Crippen molar-refractivity contribution in [3.8, 4) is 17.9 Å². The summed E-state index contributed by atoms with van der Waals surface area (Å²) in [6.07, 6.45) is 3.35. The monoisotopic (exact) mass is 378 g/mol. The van der Waals surface area contributed by atoms with Gasteiger partial charge < -0.3 is 10.6 Å². The summed E-state index contributed by atoms with van der Waals surface area (Å²) in [5.41, 5.74) is 5.88. The molecule has 2 N–H and O–H groups in total. The number of hydrogen-bond acceptors (Lipinski definition) is 6. The van der Waals surface area contributed by atoms with E-state index >= 15 is 0 Å². The first-order valence-corrected chi connectivity index (χ1v) is 9.14. The first kappa shape index (κ1) is 19.4. The molecule has 0 spiro atoms. The number of nitriles is 1.